The van der Waals surface area contributed by atoms with Crippen LogP contribution in [0.2, 0.25) is 0 Å². The van der Waals surface area contributed by atoms with Gasteiger partial charge in [-0.1, -0.05) is 19.9 Å². The van der Waals surface area contributed by atoms with Gasteiger partial charge < -0.3 is 10.1 Å². The molecule has 0 bridgehead atoms. The van der Waals surface area contributed by atoms with Crippen LogP contribution in [0.25, 0.3) is 0 Å². The molecule has 17 heavy (non-hydrogen) atoms. The Balaban J connectivity index is 2.40. The van der Waals surface area contributed by atoms with E-state index in [1.54, 1.807) is 11.3 Å². The third-order valence-electron chi connectivity index (χ3n) is 2.65. The summed E-state index contributed by atoms with van der Waals surface area (Å²) in [7, 11) is 0. The molecule has 0 spiro atoms. The molecule has 0 fully saturated rings. The maximum atomic E-state index is 11.5. The highest BCUT2D eigenvalue weighted by molar-refractivity contribution is 7.10. The number of rotatable bonds is 7. The van der Waals surface area contributed by atoms with E-state index in [1.807, 2.05) is 13.8 Å². The Morgan fingerprint density at radius 1 is 1.53 bits per heavy atom. The summed E-state index contributed by atoms with van der Waals surface area (Å²) in [4.78, 5) is 12.8. The Bertz CT molecular complexity index is 324. The number of hydrogen-bond donors (Lipinski definition) is 1. The normalized spacial score (nSPS) is 14.3. The molecule has 1 N–H and O–H groups in total. The van der Waals surface area contributed by atoms with Crippen molar-refractivity contribution in [3.05, 3.63) is 22.4 Å². The summed E-state index contributed by atoms with van der Waals surface area (Å²) in [5.41, 5.74) is 0. The molecule has 96 valence electrons. The molecular weight excluding hydrogens is 234 g/mol. The van der Waals surface area contributed by atoms with Crippen LogP contribution < -0.4 is 5.32 Å². The van der Waals surface area contributed by atoms with Gasteiger partial charge in [-0.15, -0.1) is 11.3 Å². The molecule has 1 aromatic heterocycles. The predicted molar refractivity (Wildman–Crippen MR) is 71.2 cm³/mol. The van der Waals surface area contributed by atoms with E-state index in [0.29, 0.717) is 19.2 Å². The van der Waals surface area contributed by atoms with Crippen molar-refractivity contribution in [3.63, 3.8) is 0 Å². The van der Waals surface area contributed by atoms with E-state index in [2.05, 4.69) is 29.8 Å². The number of carbonyl (C=O) groups excluding carboxylic acids is 1. The van der Waals surface area contributed by atoms with Crippen molar-refractivity contribution in [2.75, 3.05) is 13.2 Å². The predicted octanol–water partition coefficient (Wildman–Crippen LogP) is 2.99. The van der Waals surface area contributed by atoms with E-state index in [9.17, 15) is 4.79 Å². The molecule has 1 aromatic rings. The molecule has 0 saturated carbocycles. The highest BCUT2D eigenvalue weighted by atomic mass is 32.1. The highest BCUT2D eigenvalue weighted by Crippen LogP contribution is 2.21. The summed E-state index contributed by atoms with van der Waals surface area (Å²) < 4.78 is 4.98. The highest BCUT2D eigenvalue weighted by Gasteiger charge is 2.16. The van der Waals surface area contributed by atoms with Crippen LogP contribution in [-0.4, -0.2) is 19.1 Å². The van der Waals surface area contributed by atoms with Gasteiger partial charge in [-0.05, 0) is 24.8 Å². The molecule has 0 amide bonds. The van der Waals surface area contributed by atoms with Crippen molar-refractivity contribution >= 4 is 17.3 Å². The summed E-state index contributed by atoms with van der Waals surface area (Å²) in [5, 5.41) is 5.50. The maximum absolute atomic E-state index is 11.5. The lowest BCUT2D eigenvalue weighted by Crippen LogP contribution is -2.30. The monoisotopic (exact) mass is 255 g/mol. The van der Waals surface area contributed by atoms with Crippen LogP contribution in [0.4, 0.5) is 0 Å². The number of carbonyl (C=O) groups is 1. The largest absolute Gasteiger partial charge is 0.466 e. The van der Waals surface area contributed by atoms with Gasteiger partial charge in [0.15, 0.2) is 0 Å². The first-order chi connectivity index (χ1) is 8.19. The SMILES string of the molecule is CCOC(=O)C(C)CNC(CC)c1cccs1. The van der Waals surface area contributed by atoms with Gasteiger partial charge in [0.2, 0.25) is 0 Å². The third-order valence-corrected chi connectivity index (χ3v) is 3.64. The number of thiophene rings is 1. The van der Waals surface area contributed by atoms with E-state index in [-0.39, 0.29) is 11.9 Å². The van der Waals surface area contributed by atoms with E-state index < -0.39 is 0 Å². The van der Waals surface area contributed by atoms with Crippen molar-refractivity contribution in [1.29, 1.82) is 0 Å². The zero-order valence-electron chi connectivity index (χ0n) is 10.7. The van der Waals surface area contributed by atoms with Crippen molar-refractivity contribution in [2.24, 2.45) is 5.92 Å². The van der Waals surface area contributed by atoms with Gasteiger partial charge in [-0.2, -0.15) is 0 Å². The third kappa shape index (κ3) is 4.48. The van der Waals surface area contributed by atoms with Crippen LogP contribution >= 0.6 is 11.3 Å². The molecule has 2 unspecified atom stereocenters. The number of hydrogen-bond acceptors (Lipinski definition) is 4. The topological polar surface area (TPSA) is 38.3 Å². The molecule has 0 radical (unpaired) electrons. The molecule has 2 atom stereocenters. The molecule has 0 aliphatic heterocycles. The summed E-state index contributed by atoms with van der Waals surface area (Å²) in [6, 6.07) is 4.52. The molecule has 0 aliphatic carbocycles. The Labute approximate surface area is 107 Å². The molecule has 0 saturated heterocycles. The summed E-state index contributed by atoms with van der Waals surface area (Å²) >= 11 is 1.75. The van der Waals surface area contributed by atoms with Gasteiger partial charge in [-0.3, -0.25) is 4.79 Å². The van der Waals surface area contributed by atoms with Gasteiger partial charge in [0.1, 0.15) is 0 Å². The number of esters is 1. The van der Waals surface area contributed by atoms with Gasteiger partial charge in [-0.25, -0.2) is 0 Å². The second-order valence-electron chi connectivity index (χ2n) is 4.04. The minimum absolute atomic E-state index is 0.0936. The Morgan fingerprint density at radius 3 is 2.82 bits per heavy atom. The molecule has 1 heterocycles. The Hall–Kier alpha value is -0.870. The lowest BCUT2D eigenvalue weighted by atomic mass is 10.1. The van der Waals surface area contributed by atoms with E-state index in [0.717, 1.165) is 6.42 Å². The zero-order chi connectivity index (χ0) is 12.7. The molecular formula is C13H21NO2S. The molecule has 3 nitrogen and oxygen atoms in total. The van der Waals surface area contributed by atoms with Crippen molar-refractivity contribution in [2.45, 2.75) is 33.2 Å². The molecule has 0 aromatic carbocycles. The maximum Gasteiger partial charge on any atom is 0.309 e. The lowest BCUT2D eigenvalue weighted by Gasteiger charge is -2.18. The summed E-state index contributed by atoms with van der Waals surface area (Å²) in [6.45, 7) is 6.98. The van der Waals surface area contributed by atoms with Crippen molar-refractivity contribution < 1.29 is 9.53 Å². The average Bonchev–Trinajstić information content (AvgIpc) is 2.83. The first-order valence-electron chi connectivity index (χ1n) is 6.12. The van der Waals surface area contributed by atoms with Gasteiger partial charge in [0.05, 0.1) is 12.5 Å². The first kappa shape index (κ1) is 14.2. The summed E-state index contributed by atoms with van der Waals surface area (Å²) in [6.07, 6.45) is 1.02. The van der Waals surface area contributed by atoms with Crippen LogP contribution in [-0.2, 0) is 9.53 Å². The molecule has 1 rings (SSSR count). The van der Waals surface area contributed by atoms with E-state index in [4.69, 9.17) is 4.74 Å². The number of ether oxygens (including phenoxy) is 1. The smallest absolute Gasteiger partial charge is 0.309 e. The van der Waals surface area contributed by atoms with Crippen LogP contribution in [0.5, 0.6) is 0 Å². The van der Waals surface area contributed by atoms with Gasteiger partial charge in [0, 0.05) is 17.5 Å². The fraction of sp³-hybridized carbons (Fsp3) is 0.615. The van der Waals surface area contributed by atoms with Crippen LogP contribution in [0, 0.1) is 5.92 Å². The fourth-order valence-electron chi connectivity index (χ4n) is 1.62. The Kier molecular flexibility index (Phi) is 6.22. The minimum atomic E-state index is -0.124. The van der Waals surface area contributed by atoms with Gasteiger partial charge in [0.25, 0.3) is 0 Å². The zero-order valence-corrected chi connectivity index (χ0v) is 11.5. The molecule has 0 aliphatic rings. The average molecular weight is 255 g/mol. The van der Waals surface area contributed by atoms with Crippen LogP contribution in [0.3, 0.4) is 0 Å². The first-order valence-corrected chi connectivity index (χ1v) is 7.00. The quantitative estimate of drug-likeness (QED) is 0.761. The van der Waals surface area contributed by atoms with Crippen molar-refractivity contribution in [3.8, 4) is 0 Å². The van der Waals surface area contributed by atoms with E-state index >= 15 is 0 Å². The second-order valence-corrected chi connectivity index (χ2v) is 5.02. The van der Waals surface area contributed by atoms with Crippen LogP contribution in [0.1, 0.15) is 38.1 Å². The van der Waals surface area contributed by atoms with Gasteiger partial charge >= 0.3 is 5.97 Å². The molecule has 4 heteroatoms. The number of nitrogens with one attached hydrogen (secondary N) is 1. The van der Waals surface area contributed by atoms with E-state index in [1.165, 1.54) is 4.88 Å². The second kappa shape index (κ2) is 7.45. The lowest BCUT2D eigenvalue weighted by molar-refractivity contribution is -0.147. The van der Waals surface area contributed by atoms with Crippen LogP contribution in [0.15, 0.2) is 17.5 Å². The summed E-state index contributed by atoms with van der Waals surface area (Å²) in [5.74, 6) is -0.218. The fourth-order valence-corrected chi connectivity index (χ4v) is 2.51. The standard InChI is InChI=1S/C13H21NO2S/c1-4-11(12-7-6-8-17-12)14-9-10(3)13(15)16-5-2/h6-8,10-11,14H,4-5,9H2,1-3H3. The Morgan fingerprint density at radius 2 is 2.29 bits per heavy atom. The van der Waals surface area contributed by atoms with Crippen molar-refractivity contribution in [1.82, 2.24) is 5.32 Å². The minimum Gasteiger partial charge on any atom is -0.466 e.